The van der Waals surface area contributed by atoms with E-state index in [1.165, 1.54) is 12.8 Å². The van der Waals surface area contributed by atoms with Crippen LogP contribution in [0.25, 0.3) is 0 Å². The first-order valence-electron chi connectivity index (χ1n) is 7.09. The van der Waals surface area contributed by atoms with Crippen LogP contribution in [0.2, 0.25) is 0 Å². The number of benzene rings is 1. The Balaban J connectivity index is 0.00000161. The summed E-state index contributed by atoms with van der Waals surface area (Å²) in [5.41, 5.74) is 7.94. The van der Waals surface area contributed by atoms with Gasteiger partial charge in [-0.1, -0.05) is 18.2 Å². The Hall–Kier alpha value is -1.31. The Morgan fingerprint density at radius 2 is 2.14 bits per heavy atom. The van der Waals surface area contributed by atoms with E-state index >= 15 is 0 Å². The SMILES string of the molecule is CN(C(N)=NCCC1C(=O)Nc2ccccc21)C1CC1.I. The average Bonchev–Trinajstić information content (AvgIpc) is 3.23. The van der Waals surface area contributed by atoms with E-state index in [2.05, 4.69) is 10.3 Å². The summed E-state index contributed by atoms with van der Waals surface area (Å²) in [6.07, 6.45) is 3.10. The standard InChI is InChI=1S/C15H20N4O.HI/c1-19(10-6-7-10)15(16)17-9-8-12-11-4-2-3-5-13(11)18-14(12)20;/h2-5,10,12H,6-9H2,1H3,(H2,16,17)(H,18,20);1H. The van der Waals surface area contributed by atoms with Crippen molar-refractivity contribution in [2.75, 3.05) is 18.9 Å². The zero-order valence-electron chi connectivity index (χ0n) is 12.1. The molecule has 1 aliphatic heterocycles. The van der Waals surface area contributed by atoms with Gasteiger partial charge < -0.3 is 16.0 Å². The molecule has 1 saturated carbocycles. The number of guanidine groups is 1. The Kier molecular flexibility index (Phi) is 5.08. The molecule has 114 valence electrons. The van der Waals surface area contributed by atoms with Crippen molar-refractivity contribution in [1.29, 1.82) is 0 Å². The summed E-state index contributed by atoms with van der Waals surface area (Å²) in [6, 6.07) is 8.40. The van der Waals surface area contributed by atoms with E-state index in [4.69, 9.17) is 5.73 Å². The van der Waals surface area contributed by atoms with Gasteiger partial charge in [-0.25, -0.2) is 0 Å². The minimum absolute atomic E-state index is 0. The molecule has 6 heteroatoms. The molecule has 2 aliphatic rings. The van der Waals surface area contributed by atoms with Crippen LogP contribution in [0.4, 0.5) is 5.69 Å². The first-order valence-corrected chi connectivity index (χ1v) is 7.09. The number of fused-ring (bicyclic) bond motifs is 1. The van der Waals surface area contributed by atoms with Crippen molar-refractivity contribution >= 4 is 41.5 Å². The van der Waals surface area contributed by atoms with Gasteiger partial charge in [0.2, 0.25) is 5.91 Å². The lowest BCUT2D eigenvalue weighted by Gasteiger charge is -2.17. The van der Waals surface area contributed by atoms with Gasteiger partial charge in [0.1, 0.15) is 0 Å². The molecule has 5 nitrogen and oxygen atoms in total. The number of nitrogens with zero attached hydrogens (tertiary/aromatic N) is 2. The fourth-order valence-corrected chi connectivity index (χ4v) is 2.63. The number of amides is 1. The summed E-state index contributed by atoms with van der Waals surface area (Å²) in [6.45, 7) is 0.579. The zero-order chi connectivity index (χ0) is 14.1. The van der Waals surface area contributed by atoms with Crippen molar-refractivity contribution in [1.82, 2.24) is 4.90 Å². The molecule has 0 aromatic heterocycles. The Bertz CT molecular complexity index is 556. The van der Waals surface area contributed by atoms with Crippen molar-refractivity contribution in [3.8, 4) is 0 Å². The fraction of sp³-hybridized carbons (Fsp3) is 0.467. The molecular formula is C15H21IN4O. The van der Waals surface area contributed by atoms with E-state index in [0.29, 0.717) is 25.0 Å². The molecule has 1 fully saturated rings. The predicted octanol–water partition coefficient (Wildman–Crippen LogP) is 2.14. The second kappa shape index (κ2) is 6.64. The Morgan fingerprint density at radius 3 is 2.86 bits per heavy atom. The van der Waals surface area contributed by atoms with Gasteiger partial charge in [-0.2, -0.15) is 0 Å². The summed E-state index contributed by atoms with van der Waals surface area (Å²) >= 11 is 0. The maximum Gasteiger partial charge on any atom is 0.232 e. The van der Waals surface area contributed by atoms with Crippen LogP contribution in [-0.2, 0) is 4.79 Å². The van der Waals surface area contributed by atoms with Crippen LogP contribution in [0.3, 0.4) is 0 Å². The molecule has 3 rings (SSSR count). The van der Waals surface area contributed by atoms with Crippen molar-refractivity contribution in [2.24, 2.45) is 10.7 Å². The van der Waals surface area contributed by atoms with Crippen LogP contribution in [0, 0.1) is 0 Å². The van der Waals surface area contributed by atoms with E-state index in [1.54, 1.807) is 0 Å². The lowest BCUT2D eigenvalue weighted by atomic mass is 9.97. The van der Waals surface area contributed by atoms with Crippen molar-refractivity contribution in [2.45, 2.75) is 31.2 Å². The molecule has 1 amide bonds. The van der Waals surface area contributed by atoms with Crippen LogP contribution in [0.1, 0.15) is 30.7 Å². The number of aliphatic imine (C=N–C) groups is 1. The van der Waals surface area contributed by atoms with E-state index in [-0.39, 0.29) is 35.8 Å². The summed E-state index contributed by atoms with van der Waals surface area (Å²) in [5.74, 6) is 0.545. The molecule has 1 aromatic carbocycles. The minimum atomic E-state index is -0.103. The smallest absolute Gasteiger partial charge is 0.232 e. The highest BCUT2D eigenvalue weighted by molar-refractivity contribution is 14.0. The maximum absolute atomic E-state index is 12.0. The number of para-hydroxylation sites is 1. The summed E-state index contributed by atoms with van der Waals surface area (Å²) in [7, 11) is 1.98. The van der Waals surface area contributed by atoms with Gasteiger partial charge in [0.25, 0.3) is 0 Å². The number of carbonyl (C=O) groups excluding carboxylic acids is 1. The molecule has 21 heavy (non-hydrogen) atoms. The van der Waals surface area contributed by atoms with Gasteiger partial charge in [0, 0.05) is 25.3 Å². The fourth-order valence-electron chi connectivity index (χ4n) is 2.63. The highest BCUT2D eigenvalue weighted by Crippen LogP contribution is 2.34. The van der Waals surface area contributed by atoms with Crippen LogP contribution >= 0.6 is 24.0 Å². The number of rotatable bonds is 4. The number of hydrogen-bond acceptors (Lipinski definition) is 2. The Morgan fingerprint density at radius 1 is 1.43 bits per heavy atom. The van der Waals surface area contributed by atoms with E-state index in [9.17, 15) is 4.79 Å². The highest BCUT2D eigenvalue weighted by Gasteiger charge is 2.30. The topological polar surface area (TPSA) is 70.7 Å². The lowest BCUT2D eigenvalue weighted by Crippen LogP contribution is -2.35. The molecule has 1 unspecified atom stereocenters. The number of carbonyl (C=O) groups is 1. The van der Waals surface area contributed by atoms with E-state index < -0.39 is 0 Å². The molecule has 1 heterocycles. The maximum atomic E-state index is 12.0. The summed E-state index contributed by atoms with van der Waals surface area (Å²) in [5, 5.41) is 2.91. The first kappa shape index (κ1) is 16.1. The molecule has 1 atom stereocenters. The second-order valence-corrected chi connectivity index (χ2v) is 5.50. The monoisotopic (exact) mass is 400 g/mol. The number of nitrogens with one attached hydrogen (secondary N) is 1. The average molecular weight is 400 g/mol. The third-order valence-electron chi connectivity index (χ3n) is 4.06. The van der Waals surface area contributed by atoms with Crippen LogP contribution in [0.5, 0.6) is 0 Å². The quantitative estimate of drug-likeness (QED) is 0.462. The molecule has 0 bridgehead atoms. The summed E-state index contributed by atoms with van der Waals surface area (Å²) < 4.78 is 0. The third kappa shape index (κ3) is 3.48. The molecular weight excluding hydrogens is 379 g/mol. The lowest BCUT2D eigenvalue weighted by molar-refractivity contribution is -0.117. The van der Waals surface area contributed by atoms with Gasteiger partial charge in [-0.05, 0) is 30.9 Å². The summed E-state index contributed by atoms with van der Waals surface area (Å²) in [4.78, 5) is 18.4. The van der Waals surface area contributed by atoms with Gasteiger partial charge in [-0.15, -0.1) is 24.0 Å². The van der Waals surface area contributed by atoms with Crippen molar-refractivity contribution < 1.29 is 4.79 Å². The van der Waals surface area contributed by atoms with Gasteiger partial charge in [-0.3, -0.25) is 9.79 Å². The number of hydrogen-bond donors (Lipinski definition) is 2. The molecule has 3 N–H and O–H groups in total. The predicted molar refractivity (Wildman–Crippen MR) is 95.1 cm³/mol. The molecule has 1 aliphatic carbocycles. The van der Waals surface area contributed by atoms with Crippen LogP contribution < -0.4 is 11.1 Å². The molecule has 1 aromatic rings. The van der Waals surface area contributed by atoms with Crippen LogP contribution in [-0.4, -0.2) is 36.4 Å². The van der Waals surface area contributed by atoms with Crippen molar-refractivity contribution in [3.05, 3.63) is 29.8 Å². The Labute approximate surface area is 142 Å². The minimum Gasteiger partial charge on any atom is -0.370 e. The first-order chi connectivity index (χ1) is 9.66. The van der Waals surface area contributed by atoms with Crippen LogP contribution in [0.15, 0.2) is 29.3 Å². The normalized spacial score (nSPS) is 20.5. The van der Waals surface area contributed by atoms with Gasteiger partial charge in [0.15, 0.2) is 5.96 Å². The highest BCUT2D eigenvalue weighted by atomic mass is 127. The zero-order valence-corrected chi connectivity index (χ0v) is 14.4. The van der Waals surface area contributed by atoms with Crippen molar-refractivity contribution in [3.63, 3.8) is 0 Å². The molecule has 0 saturated heterocycles. The molecule has 0 radical (unpaired) electrons. The second-order valence-electron chi connectivity index (χ2n) is 5.50. The number of anilines is 1. The third-order valence-corrected chi connectivity index (χ3v) is 4.06. The van der Waals surface area contributed by atoms with E-state index in [1.807, 2.05) is 36.2 Å². The van der Waals surface area contributed by atoms with E-state index in [0.717, 1.165) is 11.3 Å². The number of halogens is 1. The largest absolute Gasteiger partial charge is 0.370 e. The molecule has 0 spiro atoms. The van der Waals surface area contributed by atoms with Gasteiger partial charge in [0.05, 0.1) is 5.92 Å². The number of nitrogens with two attached hydrogens (primary N) is 1. The van der Waals surface area contributed by atoms with Gasteiger partial charge >= 0.3 is 0 Å².